The highest BCUT2D eigenvalue weighted by Crippen LogP contribution is 2.43. The van der Waals surface area contributed by atoms with Crippen molar-refractivity contribution in [3.05, 3.63) is 165 Å². The van der Waals surface area contributed by atoms with Crippen LogP contribution in [0.5, 0.6) is 0 Å². The highest BCUT2D eigenvalue weighted by atomic mass is 79.9. The first kappa shape index (κ1) is 30.4. The van der Waals surface area contributed by atoms with Gasteiger partial charge in [-0.05, 0) is 127 Å². The number of hydrogen-bond acceptors (Lipinski definition) is 0. The first-order valence-electron chi connectivity index (χ1n) is 15.7. The lowest BCUT2D eigenvalue weighted by atomic mass is 9.88. The maximum absolute atomic E-state index is 3.73. The lowest BCUT2D eigenvalue weighted by Gasteiger charge is -2.18. The zero-order valence-corrected chi connectivity index (χ0v) is 29.6. The molecule has 8 aromatic carbocycles. The van der Waals surface area contributed by atoms with Crippen LogP contribution in [0.15, 0.2) is 142 Å². The zero-order valence-electron chi connectivity index (χ0n) is 26.5. The summed E-state index contributed by atoms with van der Waals surface area (Å²) in [4.78, 5) is 0. The fraction of sp³-hybridized carbons (Fsp3) is 0.0909. The standard InChI is InChI=1S/C22H16Br2.C22H18/c1-13-11-19(23)15-7-3-5-9-17(15)21(13)22-14(2)12-20(24)16-8-4-6-10-18(16)22;1-15-11-13-17-7-3-5-9-19(17)21(15)22-16(2)12-14-18-8-4-6-10-20(18)22/h3-12H,1-2H3;3-14H,1-2H3. The molecule has 224 valence electrons. The molecule has 0 nitrogen and oxygen atoms in total. The Morgan fingerprint density at radius 3 is 1.00 bits per heavy atom. The molecule has 0 heterocycles. The molecule has 8 aromatic rings. The van der Waals surface area contributed by atoms with Crippen molar-refractivity contribution in [3.8, 4) is 22.3 Å². The minimum absolute atomic E-state index is 1.15. The van der Waals surface area contributed by atoms with E-state index < -0.39 is 0 Å². The monoisotopic (exact) mass is 720 g/mol. The molecule has 0 fully saturated rings. The summed E-state index contributed by atoms with van der Waals surface area (Å²) in [6.07, 6.45) is 0. The van der Waals surface area contributed by atoms with Crippen LogP contribution in [0, 0.1) is 27.7 Å². The molecule has 0 atom stereocenters. The Morgan fingerprint density at radius 2 is 0.609 bits per heavy atom. The van der Waals surface area contributed by atoms with E-state index in [4.69, 9.17) is 0 Å². The van der Waals surface area contributed by atoms with E-state index >= 15 is 0 Å². The highest BCUT2D eigenvalue weighted by Gasteiger charge is 2.17. The van der Waals surface area contributed by atoms with Gasteiger partial charge in [-0.15, -0.1) is 0 Å². The number of fused-ring (bicyclic) bond motifs is 4. The Hall–Kier alpha value is -4.24. The summed E-state index contributed by atoms with van der Waals surface area (Å²) in [5, 5.41) is 10.4. The van der Waals surface area contributed by atoms with E-state index in [2.05, 4.69) is 193 Å². The molecule has 0 aliphatic rings. The number of aryl methyl sites for hydroxylation is 4. The summed E-state index contributed by atoms with van der Waals surface area (Å²) in [7, 11) is 0. The highest BCUT2D eigenvalue weighted by molar-refractivity contribution is 9.11. The van der Waals surface area contributed by atoms with Crippen molar-refractivity contribution in [3.63, 3.8) is 0 Å². The van der Waals surface area contributed by atoms with E-state index in [1.54, 1.807) is 0 Å². The van der Waals surface area contributed by atoms with Crippen LogP contribution in [0.2, 0.25) is 0 Å². The number of rotatable bonds is 2. The van der Waals surface area contributed by atoms with Gasteiger partial charge in [-0.3, -0.25) is 0 Å². The predicted octanol–water partition coefficient (Wildman–Crippen LogP) is 14.1. The van der Waals surface area contributed by atoms with Crippen LogP contribution < -0.4 is 0 Å². The topological polar surface area (TPSA) is 0 Å². The molecular formula is C44H34Br2. The first-order chi connectivity index (χ1) is 22.3. The largest absolute Gasteiger partial charge is 0.0616 e. The molecule has 0 radical (unpaired) electrons. The minimum Gasteiger partial charge on any atom is -0.0616 e. The predicted molar refractivity (Wildman–Crippen MR) is 208 cm³/mol. The molecule has 46 heavy (non-hydrogen) atoms. The second kappa shape index (κ2) is 12.5. The lowest BCUT2D eigenvalue weighted by Crippen LogP contribution is -1.93. The average Bonchev–Trinajstić information content (AvgIpc) is 3.07. The molecule has 0 N–H and O–H groups in total. The van der Waals surface area contributed by atoms with Crippen LogP contribution in [0.4, 0.5) is 0 Å². The van der Waals surface area contributed by atoms with E-state index in [1.165, 1.54) is 87.6 Å². The summed E-state index contributed by atoms with van der Waals surface area (Å²) in [6, 6.07) is 47.9. The van der Waals surface area contributed by atoms with Gasteiger partial charge in [-0.2, -0.15) is 0 Å². The van der Waals surface area contributed by atoms with Gasteiger partial charge < -0.3 is 0 Å². The van der Waals surface area contributed by atoms with Gasteiger partial charge in [0.05, 0.1) is 0 Å². The van der Waals surface area contributed by atoms with E-state index in [-0.39, 0.29) is 0 Å². The second-order valence-corrected chi connectivity index (χ2v) is 13.9. The van der Waals surface area contributed by atoms with Crippen LogP contribution in [0.25, 0.3) is 65.3 Å². The van der Waals surface area contributed by atoms with Crippen molar-refractivity contribution in [2.45, 2.75) is 27.7 Å². The van der Waals surface area contributed by atoms with Crippen molar-refractivity contribution in [2.75, 3.05) is 0 Å². The fourth-order valence-electron chi connectivity index (χ4n) is 7.01. The third-order valence-corrected chi connectivity index (χ3v) is 10.5. The molecule has 2 heteroatoms. The van der Waals surface area contributed by atoms with Crippen LogP contribution in [-0.4, -0.2) is 0 Å². The summed E-state index contributed by atoms with van der Waals surface area (Å²) in [5.41, 5.74) is 10.6. The maximum Gasteiger partial charge on any atom is 0.0256 e. The van der Waals surface area contributed by atoms with Gasteiger partial charge in [0.25, 0.3) is 0 Å². The van der Waals surface area contributed by atoms with E-state index in [0.717, 1.165) is 8.95 Å². The smallest absolute Gasteiger partial charge is 0.0256 e. The Bertz CT molecular complexity index is 2260. The molecule has 0 saturated carbocycles. The molecule has 0 unspecified atom stereocenters. The van der Waals surface area contributed by atoms with Gasteiger partial charge in [-0.1, -0.05) is 153 Å². The molecule has 0 bridgehead atoms. The molecule has 0 amide bonds. The van der Waals surface area contributed by atoms with Crippen molar-refractivity contribution >= 4 is 74.9 Å². The molecule has 0 saturated heterocycles. The zero-order chi connectivity index (χ0) is 31.9. The molecule has 0 spiro atoms. The molecule has 0 aliphatic heterocycles. The summed E-state index contributed by atoms with van der Waals surface area (Å²) in [5.74, 6) is 0. The summed E-state index contributed by atoms with van der Waals surface area (Å²) < 4.78 is 2.30. The minimum atomic E-state index is 1.15. The number of benzene rings is 8. The summed E-state index contributed by atoms with van der Waals surface area (Å²) >= 11 is 7.45. The van der Waals surface area contributed by atoms with Crippen LogP contribution in [0.1, 0.15) is 22.3 Å². The third kappa shape index (κ3) is 5.34. The van der Waals surface area contributed by atoms with E-state index in [9.17, 15) is 0 Å². The van der Waals surface area contributed by atoms with Gasteiger partial charge in [-0.25, -0.2) is 0 Å². The summed E-state index contributed by atoms with van der Waals surface area (Å²) in [6.45, 7) is 8.82. The van der Waals surface area contributed by atoms with E-state index in [0.29, 0.717) is 0 Å². The molecule has 8 rings (SSSR count). The van der Waals surface area contributed by atoms with Crippen LogP contribution in [0.3, 0.4) is 0 Å². The van der Waals surface area contributed by atoms with Crippen molar-refractivity contribution < 1.29 is 0 Å². The van der Waals surface area contributed by atoms with Gasteiger partial charge in [0, 0.05) is 8.95 Å². The van der Waals surface area contributed by atoms with Gasteiger partial charge >= 0.3 is 0 Å². The van der Waals surface area contributed by atoms with Gasteiger partial charge in [0.1, 0.15) is 0 Å². The number of hydrogen-bond donors (Lipinski definition) is 0. The van der Waals surface area contributed by atoms with Crippen LogP contribution >= 0.6 is 31.9 Å². The first-order valence-corrected chi connectivity index (χ1v) is 17.2. The molecule has 0 aromatic heterocycles. The number of halogens is 2. The normalized spacial score (nSPS) is 11.3. The average molecular weight is 723 g/mol. The lowest BCUT2D eigenvalue weighted by molar-refractivity contribution is 1.43. The Labute approximate surface area is 288 Å². The van der Waals surface area contributed by atoms with Crippen molar-refractivity contribution in [2.24, 2.45) is 0 Å². The fourth-order valence-corrected chi connectivity index (χ4v) is 8.39. The Balaban J connectivity index is 0.000000147. The SMILES string of the molecule is Cc1cc(Br)c2ccccc2c1-c1c(C)cc(Br)c2ccccc12.Cc1ccc2ccccc2c1-c1c(C)ccc2ccccc12. The molecule has 0 aliphatic carbocycles. The Morgan fingerprint density at radius 1 is 0.304 bits per heavy atom. The molecular weight excluding hydrogens is 688 g/mol. The van der Waals surface area contributed by atoms with Crippen LogP contribution in [-0.2, 0) is 0 Å². The third-order valence-electron chi connectivity index (χ3n) is 9.16. The van der Waals surface area contributed by atoms with Gasteiger partial charge in [0.15, 0.2) is 0 Å². The van der Waals surface area contributed by atoms with Gasteiger partial charge in [0.2, 0.25) is 0 Å². The van der Waals surface area contributed by atoms with Crippen molar-refractivity contribution in [1.29, 1.82) is 0 Å². The van der Waals surface area contributed by atoms with E-state index in [1.807, 2.05) is 0 Å². The maximum atomic E-state index is 3.73. The van der Waals surface area contributed by atoms with Crippen molar-refractivity contribution in [1.82, 2.24) is 0 Å². The quantitative estimate of drug-likeness (QED) is 0.167. The Kier molecular flexibility index (Phi) is 8.27. The second-order valence-electron chi connectivity index (χ2n) is 12.1.